The highest BCUT2D eigenvalue weighted by molar-refractivity contribution is 6.30. The summed E-state index contributed by atoms with van der Waals surface area (Å²) in [5.74, 6) is 0. The van der Waals surface area contributed by atoms with Crippen LogP contribution in [0.4, 0.5) is 5.69 Å². The van der Waals surface area contributed by atoms with Crippen molar-refractivity contribution in [3.8, 4) is 0 Å². The minimum absolute atomic E-state index is 0.255. The Morgan fingerprint density at radius 1 is 1.67 bits per heavy atom. The first kappa shape index (κ1) is 3.59. The summed E-state index contributed by atoms with van der Waals surface area (Å²) in [6.45, 7) is -4.18. The predicted octanol–water partition coefficient (Wildman–Crippen LogP) is 3.47. The lowest BCUT2D eigenvalue weighted by Crippen LogP contribution is -2.00. The monoisotopic (exact) mass is 190 g/mol. The number of nitrogens with one attached hydrogen (secondary N) is 1. The van der Waals surface area contributed by atoms with E-state index in [9.17, 15) is 0 Å². The summed E-state index contributed by atoms with van der Waals surface area (Å²) >= 11 is 5.78. The minimum atomic E-state index is -3.09. The largest absolute Gasteiger partial charge is 0.385 e. The molecule has 0 atom stereocenters. The van der Waals surface area contributed by atoms with Gasteiger partial charge in [0.2, 0.25) is 0 Å². The summed E-state index contributed by atoms with van der Waals surface area (Å²) in [5.41, 5.74) is 0.889. The van der Waals surface area contributed by atoms with E-state index in [1.165, 1.54) is 6.07 Å². The molecule has 0 heterocycles. The van der Waals surface area contributed by atoms with Gasteiger partial charge in [-0.3, -0.25) is 0 Å². The molecule has 2 heteroatoms. The van der Waals surface area contributed by atoms with Crippen molar-refractivity contribution in [3.05, 3.63) is 28.8 Å². The molecule has 1 aromatic carbocycles. The SMILES string of the molecule is [2H]C([2H])([2H])C([2H])([2H])C([2H])([2H])Nc1cc(Cl)ccc1C. The van der Waals surface area contributed by atoms with E-state index in [0.29, 0.717) is 10.6 Å². The Bertz CT molecular complexity index is 469. The van der Waals surface area contributed by atoms with E-state index in [4.69, 9.17) is 21.2 Å². The van der Waals surface area contributed by atoms with Gasteiger partial charge in [-0.1, -0.05) is 24.5 Å². The molecule has 1 nitrogen and oxygen atoms in total. The average molecular weight is 191 g/mol. The smallest absolute Gasteiger partial charge is 0.0490 e. The molecule has 0 bridgehead atoms. The summed E-state index contributed by atoms with van der Waals surface area (Å²) in [7, 11) is 0. The second-order valence-electron chi connectivity index (χ2n) is 2.33. The lowest BCUT2D eigenvalue weighted by atomic mass is 10.2. The molecule has 12 heavy (non-hydrogen) atoms. The van der Waals surface area contributed by atoms with E-state index < -0.39 is 19.7 Å². The Balaban J connectivity index is 3.12. The van der Waals surface area contributed by atoms with Crippen LogP contribution in [0, 0.1) is 6.92 Å². The van der Waals surface area contributed by atoms with Crippen molar-refractivity contribution in [2.75, 3.05) is 11.8 Å². The Morgan fingerprint density at radius 2 is 2.50 bits per heavy atom. The van der Waals surface area contributed by atoms with E-state index >= 15 is 0 Å². The maximum atomic E-state index is 7.67. The first-order chi connectivity index (χ1) is 8.38. The molecule has 0 aliphatic carbocycles. The van der Waals surface area contributed by atoms with Crippen LogP contribution in [0.2, 0.25) is 5.02 Å². The molecular formula is C10H14ClN. The number of benzene rings is 1. The van der Waals surface area contributed by atoms with Crippen molar-refractivity contribution in [1.82, 2.24) is 0 Å². The second-order valence-corrected chi connectivity index (χ2v) is 2.77. The lowest BCUT2D eigenvalue weighted by Gasteiger charge is -2.08. The van der Waals surface area contributed by atoms with Gasteiger partial charge in [0, 0.05) is 26.8 Å². The first-order valence-electron chi connectivity index (χ1n) is 6.93. The van der Waals surface area contributed by atoms with E-state index in [2.05, 4.69) is 5.32 Å². The molecule has 1 aromatic rings. The highest BCUT2D eigenvalue weighted by atomic mass is 35.5. The molecule has 1 rings (SSSR count). The van der Waals surface area contributed by atoms with Gasteiger partial charge in [0.15, 0.2) is 0 Å². The van der Waals surface area contributed by atoms with E-state index in [-0.39, 0.29) is 5.69 Å². The van der Waals surface area contributed by atoms with Gasteiger partial charge in [0.25, 0.3) is 0 Å². The van der Waals surface area contributed by atoms with Crippen LogP contribution < -0.4 is 5.32 Å². The molecule has 0 aromatic heterocycles. The summed E-state index contributed by atoms with van der Waals surface area (Å²) in [6.07, 6.45) is -3.05. The van der Waals surface area contributed by atoms with Gasteiger partial charge in [-0.05, 0) is 31.0 Å². The first-order valence-corrected chi connectivity index (χ1v) is 3.80. The minimum Gasteiger partial charge on any atom is -0.385 e. The fourth-order valence-corrected chi connectivity index (χ4v) is 1.000. The second kappa shape index (κ2) is 4.36. The van der Waals surface area contributed by atoms with Crippen LogP contribution in [0.5, 0.6) is 0 Å². The summed E-state index contributed by atoms with van der Waals surface area (Å²) < 4.78 is 51.6. The van der Waals surface area contributed by atoms with Crippen LogP contribution in [-0.2, 0) is 0 Å². The number of anilines is 1. The van der Waals surface area contributed by atoms with E-state index in [1.807, 2.05) is 0 Å². The van der Waals surface area contributed by atoms with Crippen molar-refractivity contribution in [3.63, 3.8) is 0 Å². The Kier molecular flexibility index (Phi) is 1.30. The van der Waals surface area contributed by atoms with Crippen molar-refractivity contribution in [1.29, 1.82) is 0 Å². The molecule has 0 saturated carbocycles. The summed E-state index contributed by atoms with van der Waals surface area (Å²) in [6, 6.07) is 4.66. The zero-order valence-electron chi connectivity index (χ0n) is 13.6. The maximum Gasteiger partial charge on any atom is 0.0490 e. The number of hydrogen-bond donors (Lipinski definition) is 1. The third-order valence-electron chi connectivity index (χ3n) is 1.46. The van der Waals surface area contributed by atoms with Crippen LogP contribution in [0.1, 0.15) is 28.4 Å². The standard InChI is InChI=1S/C10H14ClN/c1-3-6-12-10-7-9(11)5-4-8(10)2/h4-5,7,12H,3,6H2,1-2H3/i1D3,3D2,6D2. The molecule has 66 valence electrons. The van der Waals surface area contributed by atoms with Gasteiger partial charge in [0.05, 0.1) is 0 Å². The van der Waals surface area contributed by atoms with Gasteiger partial charge in [0.1, 0.15) is 0 Å². The Morgan fingerprint density at radius 3 is 3.25 bits per heavy atom. The fourth-order valence-electron chi connectivity index (χ4n) is 0.827. The van der Waals surface area contributed by atoms with Gasteiger partial charge in [-0.15, -0.1) is 0 Å². The highest BCUT2D eigenvalue weighted by Gasteiger charge is 1.96. The van der Waals surface area contributed by atoms with Gasteiger partial charge < -0.3 is 5.32 Å². The molecule has 0 spiro atoms. The molecule has 0 unspecified atom stereocenters. The fraction of sp³-hybridized carbons (Fsp3) is 0.400. The maximum absolute atomic E-state index is 7.67. The van der Waals surface area contributed by atoms with Crippen LogP contribution in [-0.4, -0.2) is 6.50 Å². The molecule has 0 amide bonds. The average Bonchev–Trinajstić information content (AvgIpc) is 2.21. The Labute approximate surface area is 88.6 Å². The predicted molar refractivity (Wildman–Crippen MR) is 55.0 cm³/mol. The van der Waals surface area contributed by atoms with Crippen molar-refractivity contribution in [2.24, 2.45) is 0 Å². The molecule has 0 saturated heterocycles. The molecule has 1 N–H and O–H groups in total. The topological polar surface area (TPSA) is 12.0 Å². The van der Waals surface area contributed by atoms with E-state index in [1.54, 1.807) is 19.1 Å². The van der Waals surface area contributed by atoms with Gasteiger partial charge in [-0.2, -0.15) is 0 Å². The zero-order chi connectivity index (χ0) is 15.1. The molecule has 0 aliphatic rings. The van der Waals surface area contributed by atoms with Crippen molar-refractivity contribution < 1.29 is 9.60 Å². The van der Waals surface area contributed by atoms with Crippen LogP contribution in [0.15, 0.2) is 18.2 Å². The quantitative estimate of drug-likeness (QED) is 0.770. The van der Waals surface area contributed by atoms with Crippen LogP contribution in [0.3, 0.4) is 0 Å². The Hall–Kier alpha value is -0.690. The lowest BCUT2D eigenvalue weighted by molar-refractivity contribution is 0.977. The molecule has 0 radical (unpaired) electrons. The van der Waals surface area contributed by atoms with Gasteiger partial charge >= 0.3 is 0 Å². The number of rotatable bonds is 3. The van der Waals surface area contributed by atoms with E-state index in [0.717, 1.165) is 0 Å². The highest BCUT2D eigenvalue weighted by Crippen LogP contribution is 2.19. The van der Waals surface area contributed by atoms with Crippen LogP contribution >= 0.6 is 11.6 Å². The summed E-state index contributed by atoms with van der Waals surface area (Å²) in [4.78, 5) is 0. The summed E-state index contributed by atoms with van der Waals surface area (Å²) in [5, 5.41) is 2.63. The number of halogens is 1. The van der Waals surface area contributed by atoms with Crippen molar-refractivity contribution in [2.45, 2.75) is 20.1 Å². The zero-order valence-corrected chi connectivity index (χ0v) is 7.37. The number of hydrogen-bond acceptors (Lipinski definition) is 1. The van der Waals surface area contributed by atoms with Crippen molar-refractivity contribution >= 4 is 17.3 Å². The third kappa shape index (κ3) is 2.42. The van der Waals surface area contributed by atoms with Crippen LogP contribution in [0.25, 0.3) is 0 Å². The van der Waals surface area contributed by atoms with Gasteiger partial charge in [-0.25, -0.2) is 0 Å². The normalized spacial score (nSPS) is 22.0. The number of aryl methyl sites for hydroxylation is 1. The molecular weight excluding hydrogens is 170 g/mol. The third-order valence-corrected chi connectivity index (χ3v) is 1.69. The molecule has 0 fully saturated rings. The molecule has 0 aliphatic heterocycles.